The molecule has 0 aliphatic heterocycles. The van der Waals surface area contributed by atoms with E-state index in [9.17, 15) is 9.90 Å². The number of amides is 1. The number of anilines is 1. The number of aromatic nitrogens is 2. The van der Waals surface area contributed by atoms with Crippen LogP contribution in [0.1, 0.15) is 5.56 Å². The van der Waals surface area contributed by atoms with Gasteiger partial charge in [-0.3, -0.25) is 0 Å². The summed E-state index contributed by atoms with van der Waals surface area (Å²) in [5.41, 5.74) is 2.60. The number of hydrogen-bond donors (Lipinski definition) is 1. The third kappa shape index (κ3) is 3.23. The molecule has 0 bridgehead atoms. The summed E-state index contributed by atoms with van der Waals surface area (Å²) >= 11 is 0. The van der Waals surface area contributed by atoms with Gasteiger partial charge in [-0.1, -0.05) is 42.5 Å². The van der Waals surface area contributed by atoms with Crippen LogP contribution in [0.15, 0.2) is 54.6 Å². The number of aryl methyl sites for hydroxylation is 1. The zero-order valence-corrected chi connectivity index (χ0v) is 13.4. The molecule has 3 rings (SSSR count). The van der Waals surface area contributed by atoms with Crippen molar-refractivity contribution in [2.24, 2.45) is 7.05 Å². The van der Waals surface area contributed by atoms with Gasteiger partial charge in [-0.25, -0.2) is 14.7 Å². The van der Waals surface area contributed by atoms with Gasteiger partial charge in [0.25, 0.3) is 0 Å². The lowest BCUT2D eigenvalue weighted by Gasteiger charge is -2.20. The molecule has 0 radical (unpaired) electrons. The molecular weight excluding hydrogens is 306 g/mol. The predicted molar refractivity (Wildman–Crippen MR) is 91.8 cm³/mol. The molecule has 124 valence electrons. The molecule has 6 nitrogen and oxygen atoms in total. The summed E-state index contributed by atoms with van der Waals surface area (Å²) in [7, 11) is 1.83. The van der Waals surface area contributed by atoms with Gasteiger partial charge in [-0.05, 0) is 17.7 Å². The van der Waals surface area contributed by atoms with Crippen LogP contribution in [0.5, 0.6) is 0 Å². The molecule has 1 heterocycles. The molecule has 0 saturated carbocycles. The fourth-order valence-corrected chi connectivity index (χ4v) is 2.54. The summed E-state index contributed by atoms with van der Waals surface area (Å²) in [6.45, 7) is 0.111. The summed E-state index contributed by atoms with van der Waals surface area (Å²) in [5, 5.41) is 9.31. The van der Waals surface area contributed by atoms with E-state index < -0.39 is 6.09 Å². The number of fused-ring (bicyclic) bond motifs is 1. The Labute approximate surface area is 139 Å². The molecule has 2 aromatic carbocycles. The number of hydrogen-bond acceptors (Lipinski definition) is 4. The minimum atomic E-state index is -0.536. The maximum atomic E-state index is 12.5. The second-order valence-corrected chi connectivity index (χ2v) is 5.37. The topological polar surface area (TPSA) is 67.6 Å². The van der Waals surface area contributed by atoms with E-state index in [4.69, 9.17) is 4.74 Å². The standard InChI is InChI=1S/C18H19N3O3/c1-20-16-10-6-5-9-15(16)19-17(20)21(11-12-22)18(23)24-13-14-7-3-2-4-8-14/h2-10,22H,11-13H2,1H3. The zero-order valence-electron chi connectivity index (χ0n) is 13.4. The van der Waals surface area contributed by atoms with Crippen LogP contribution in [0.2, 0.25) is 0 Å². The van der Waals surface area contributed by atoms with Crippen LogP contribution in [0, 0.1) is 0 Å². The van der Waals surface area contributed by atoms with Crippen molar-refractivity contribution in [1.29, 1.82) is 0 Å². The van der Waals surface area contributed by atoms with Crippen LogP contribution in [0.3, 0.4) is 0 Å². The van der Waals surface area contributed by atoms with Gasteiger partial charge < -0.3 is 14.4 Å². The van der Waals surface area contributed by atoms with Crippen LogP contribution < -0.4 is 4.90 Å². The van der Waals surface area contributed by atoms with Gasteiger partial charge in [0.1, 0.15) is 6.61 Å². The highest BCUT2D eigenvalue weighted by Gasteiger charge is 2.22. The third-order valence-corrected chi connectivity index (χ3v) is 3.75. The first-order chi connectivity index (χ1) is 11.7. The van der Waals surface area contributed by atoms with Crippen LogP contribution >= 0.6 is 0 Å². The van der Waals surface area contributed by atoms with E-state index in [2.05, 4.69) is 4.98 Å². The second kappa shape index (κ2) is 7.14. The molecule has 0 aliphatic carbocycles. The molecule has 3 aromatic rings. The number of nitrogens with zero attached hydrogens (tertiary/aromatic N) is 3. The van der Waals surface area contributed by atoms with E-state index in [-0.39, 0.29) is 19.8 Å². The lowest BCUT2D eigenvalue weighted by Crippen LogP contribution is -2.35. The van der Waals surface area contributed by atoms with E-state index in [1.165, 1.54) is 4.90 Å². The Bertz CT molecular complexity index is 830. The van der Waals surface area contributed by atoms with Crippen molar-refractivity contribution >= 4 is 23.1 Å². The summed E-state index contributed by atoms with van der Waals surface area (Å²) in [6, 6.07) is 17.1. The monoisotopic (exact) mass is 325 g/mol. The summed E-state index contributed by atoms with van der Waals surface area (Å²) in [4.78, 5) is 18.3. The molecule has 0 spiro atoms. The second-order valence-electron chi connectivity index (χ2n) is 5.37. The first kappa shape index (κ1) is 16.0. The molecule has 0 unspecified atom stereocenters. The van der Waals surface area contributed by atoms with Gasteiger partial charge in [0.15, 0.2) is 0 Å². The Kier molecular flexibility index (Phi) is 4.77. The Balaban J connectivity index is 1.82. The molecule has 6 heteroatoms. The molecule has 1 amide bonds. The number of para-hydroxylation sites is 2. The van der Waals surface area contributed by atoms with E-state index in [1.807, 2.05) is 66.2 Å². The lowest BCUT2D eigenvalue weighted by molar-refractivity contribution is 0.144. The molecule has 0 aliphatic rings. The first-order valence-corrected chi connectivity index (χ1v) is 7.71. The minimum Gasteiger partial charge on any atom is -0.444 e. The Hall–Kier alpha value is -2.86. The molecule has 1 N–H and O–H groups in total. The predicted octanol–water partition coefficient (Wildman–Crippen LogP) is 2.71. The quantitative estimate of drug-likeness (QED) is 0.783. The van der Waals surface area contributed by atoms with Gasteiger partial charge in [0.05, 0.1) is 24.2 Å². The Morgan fingerprint density at radius 3 is 2.58 bits per heavy atom. The SMILES string of the molecule is Cn1c(N(CCO)C(=O)OCc2ccccc2)nc2ccccc21. The number of carbonyl (C=O) groups is 1. The lowest BCUT2D eigenvalue weighted by atomic mass is 10.2. The van der Waals surface area contributed by atoms with E-state index >= 15 is 0 Å². The number of rotatable bonds is 5. The van der Waals surface area contributed by atoms with E-state index in [0.717, 1.165) is 16.6 Å². The molecule has 0 fully saturated rings. The third-order valence-electron chi connectivity index (χ3n) is 3.75. The molecular formula is C18H19N3O3. The fourth-order valence-electron chi connectivity index (χ4n) is 2.54. The van der Waals surface area contributed by atoms with Crippen LogP contribution in [0.25, 0.3) is 11.0 Å². The maximum absolute atomic E-state index is 12.5. The highest BCUT2D eigenvalue weighted by Crippen LogP contribution is 2.21. The highest BCUT2D eigenvalue weighted by molar-refractivity contribution is 5.89. The normalized spacial score (nSPS) is 10.8. The Morgan fingerprint density at radius 2 is 1.88 bits per heavy atom. The number of aliphatic hydroxyl groups excluding tert-OH is 1. The van der Waals surface area contributed by atoms with Gasteiger partial charge in [-0.2, -0.15) is 0 Å². The molecule has 0 atom stereocenters. The van der Waals surface area contributed by atoms with Crippen molar-refractivity contribution < 1.29 is 14.6 Å². The minimum absolute atomic E-state index is 0.116. The largest absolute Gasteiger partial charge is 0.444 e. The van der Waals surface area contributed by atoms with Crippen molar-refractivity contribution in [3.63, 3.8) is 0 Å². The van der Waals surface area contributed by atoms with Crippen LogP contribution in [-0.4, -0.2) is 33.9 Å². The van der Waals surface area contributed by atoms with Gasteiger partial charge in [0, 0.05) is 7.05 Å². The number of carbonyl (C=O) groups excluding carboxylic acids is 1. The van der Waals surface area contributed by atoms with Gasteiger partial charge in [-0.15, -0.1) is 0 Å². The number of aliphatic hydroxyl groups is 1. The number of benzene rings is 2. The molecule has 24 heavy (non-hydrogen) atoms. The van der Waals surface area contributed by atoms with Gasteiger partial charge >= 0.3 is 6.09 Å². The zero-order chi connectivity index (χ0) is 16.9. The highest BCUT2D eigenvalue weighted by atomic mass is 16.6. The maximum Gasteiger partial charge on any atom is 0.417 e. The molecule has 1 aromatic heterocycles. The number of ether oxygens (including phenoxy) is 1. The number of imidazole rings is 1. The van der Waals surface area contributed by atoms with Crippen molar-refractivity contribution in [2.45, 2.75) is 6.61 Å². The van der Waals surface area contributed by atoms with Gasteiger partial charge in [0.2, 0.25) is 5.95 Å². The van der Waals surface area contributed by atoms with E-state index in [1.54, 1.807) is 0 Å². The summed E-state index contributed by atoms with van der Waals surface area (Å²) in [6.07, 6.45) is -0.536. The van der Waals surface area contributed by atoms with Crippen LogP contribution in [-0.2, 0) is 18.4 Å². The smallest absolute Gasteiger partial charge is 0.417 e. The summed E-state index contributed by atoms with van der Waals surface area (Å²) in [5.74, 6) is 0.448. The fraction of sp³-hybridized carbons (Fsp3) is 0.222. The average Bonchev–Trinajstić information content (AvgIpc) is 2.95. The van der Waals surface area contributed by atoms with Crippen molar-refractivity contribution in [3.8, 4) is 0 Å². The summed E-state index contributed by atoms with van der Waals surface area (Å²) < 4.78 is 7.18. The van der Waals surface area contributed by atoms with E-state index in [0.29, 0.717) is 5.95 Å². The van der Waals surface area contributed by atoms with Crippen molar-refractivity contribution in [2.75, 3.05) is 18.1 Å². The first-order valence-electron chi connectivity index (χ1n) is 7.71. The molecule has 0 saturated heterocycles. The Morgan fingerprint density at radius 1 is 1.17 bits per heavy atom. The average molecular weight is 325 g/mol. The van der Waals surface area contributed by atoms with Crippen molar-refractivity contribution in [1.82, 2.24) is 9.55 Å². The van der Waals surface area contributed by atoms with Crippen molar-refractivity contribution in [3.05, 3.63) is 60.2 Å². The van der Waals surface area contributed by atoms with Crippen LogP contribution in [0.4, 0.5) is 10.7 Å².